The number of thiophene rings is 1. The fraction of sp³-hybridized carbons (Fsp3) is 0.0233. The van der Waals surface area contributed by atoms with Crippen molar-refractivity contribution in [3.05, 3.63) is 186 Å². The van der Waals surface area contributed by atoms with Gasteiger partial charge in [0.05, 0.1) is 5.41 Å². The van der Waals surface area contributed by atoms with E-state index in [0.717, 1.165) is 28.2 Å². The zero-order chi connectivity index (χ0) is 30.2. The maximum atomic E-state index is 6.33. The highest BCUT2D eigenvalue weighted by atomic mass is 32.1. The van der Waals surface area contributed by atoms with Crippen molar-refractivity contribution < 1.29 is 4.42 Å². The van der Waals surface area contributed by atoms with E-state index in [1.165, 1.54) is 53.2 Å². The molecular formula is C43H27NOS. The van der Waals surface area contributed by atoms with Crippen molar-refractivity contribution in [2.45, 2.75) is 5.41 Å². The van der Waals surface area contributed by atoms with Gasteiger partial charge in [-0.3, -0.25) is 0 Å². The minimum atomic E-state index is -0.451. The molecule has 0 aliphatic heterocycles. The second-order valence-corrected chi connectivity index (χ2v) is 13.2. The lowest BCUT2D eigenvalue weighted by Crippen LogP contribution is -2.29. The summed E-state index contributed by atoms with van der Waals surface area (Å²) in [4.78, 5) is 2.37. The highest BCUT2D eigenvalue weighted by Crippen LogP contribution is 2.56. The Morgan fingerprint density at radius 2 is 1.00 bits per heavy atom. The van der Waals surface area contributed by atoms with Gasteiger partial charge >= 0.3 is 0 Å². The van der Waals surface area contributed by atoms with Crippen molar-refractivity contribution in [2.75, 3.05) is 4.90 Å². The second kappa shape index (κ2) is 9.68. The van der Waals surface area contributed by atoms with Crippen molar-refractivity contribution in [1.82, 2.24) is 0 Å². The molecule has 0 saturated heterocycles. The van der Waals surface area contributed by atoms with Crippen LogP contribution in [0.4, 0.5) is 17.1 Å². The predicted molar refractivity (Wildman–Crippen MR) is 193 cm³/mol. The van der Waals surface area contributed by atoms with Gasteiger partial charge in [0.25, 0.3) is 0 Å². The standard InChI is InChI=1S/C43H27NOS/c1-3-11-28(12-4-1)43(35-16-9-18-37-41(35)42-36(43)17-10-19-38(42)45-37)29-21-23-31(24-22-29)44(30-13-5-2-6-14-30)32-25-26-34-33-15-7-8-20-39(33)46-40(34)27-32/h1-27H. The third-order valence-electron chi connectivity index (χ3n) is 9.73. The van der Waals surface area contributed by atoms with Gasteiger partial charge in [0.1, 0.15) is 11.2 Å². The van der Waals surface area contributed by atoms with Gasteiger partial charge in [-0.15, -0.1) is 11.3 Å². The molecule has 0 unspecified atom stereocenters. The fourth-order valence-corrected chi connectivity index (χ4v) is 8.99. The van der Waals surface area contributed by atoms with E-state index in [2.05, 4.69) is 169 Å². The Balaban J connectivity index is 1.17. The van der Waals surface area contributed by atoms with Crippen LogP contribution in [0.25, 0.3) is 42.1 Å². The SMILES string of the molecule is c1ccc(N(c2ccc(C3(c4ccccc4)c4cccc5oc6cccc3c6c45)cc2)c2ccc3c(c2)sc2ccccc23)cc1. The monoisotopic (exact) mass is 605 g/mol. The number of nitrogens with zero attached hydrogens (tertiary/aromatic N) is 1. The Morgan fingerprint density at radius 3 is 1.72 bits per heavy atom. The molecule has 0 atom stereocenters. The molecule has 1 aliphatic rings. The van der Waals surface area contributed by atoms with Crippen molar-refractivity contribution in [2.24, 2.45) is 0 Å². The number of rotatable bonds is 5. The first-order valence-electron chi connectivity index (χ1n) is 15.7. The summed E-state index contributed by atoms with van der Waals surface area (Å²) in [5.74, 6) is 0. The van der Waals surface area contributed by atoms with Crippen LogP contribution < -0.4 is 4.90 Å². The zero-order valence-electron chi connectivity index (χ0n) is 24.9. The van der Waals surface area contributed by atoms with Crippen molar-refractivity contribution in [1.29, 1.82) is 0 Å². The van der Waals surface area contributed by atoms with Crippen molar-refractivity contribution in [3.8, 4) is 0 Å². The van der Waals surface area contributed by atoms with Gasteiger partial charge < -0.3 is 9.32 Å². The summed E-state index contributed by atoms with van der Waals surface area (Å²) in [5, 5.41) is 5.07. The second-order valence-electron chi connectivity index (χ2n) is 12.1. The molecule has 46 heavy (non-hydrogen) atoms. The summed E-state index contributed by atoms with van der Waals surface area (Å²) in [5.41, 5.74) is 9.89. The van der Waals surface area contributed by atoms with Gasteiger partial charge in [-0.1, -0.05) is 109 Å². The quantitative estimate of drug-likeness (QED) is 0.194. The van der Waals surface area contributed by atoms with Gasteiger partial charge in [0, 0.05) is 48.0 Å². The largest absolute Gasteiger partial charge is 0.456 e. The van der Waals surface area contributed by atoms with Crippen LogP contribution in [-0.2, 0) is 5.41 Å². The highest BCUT2D eigenvalue weighted by Gasteiger charge is 2.46. The lowest BCUT2D eigenvalue weighted by atomic mass is 9.67. The zero-order valence-corrected chi connectivity index (χ0v) is 25.7. The minimum absolute atomic E-state index is 0.451. The normalized spacial score (nSPS) is 13.4. The van der Waals surface area contributed by atoms with Crippen molar-refractivity contribution >= 4 is 70.5 Å². The van der Waals surface area contributed by atoms with E-state index >= 15 is 0 Å². The van der Waals surface area contributed by atoms with Gasteiger partial charge in [0.2, 0.25) is 0 Å². The van der Waals surface area contributed by atoms with Gasteiger partial charge in [0.15, 0.2) is 0 Å². The Bertz CT molecular complexity index is 2520. The summed E-state index contributed by atoms with van der Waals surface area (Å²) in [6.45, 7) is 0. The molecule has 0 spiro atoms. The number of hydrogen-bond donors (Lipinski definition) is 0. The van der Waals surface area contributed by atoms with Gasteiger partial charge in [-0.2, -0.15) is 0 Å². The summed E-state index contributed by atoms with van der Waals surface area (Å²) < 4.78 is 8.94. The molecule has 0 fully saturated rings. The molecule has 2 heterocycles. The first-order valence-corrected chi connectivity index (χ1v) is 16.5. The minimum Gasteiger partial charge on any atom is -0.456 e. The van der Waals surface area contributed by atoms with E-state index < -0.39 is 5.41 Å². The first-order chi connectivity index (χ1) is 22.8. The third kappa shape index (κ3) is 3.46. The maximum absolute atomic E-state index is 6.33. The Hall–Kier alpha value is -5.64. The molecule has 1 aliphatic carbocycles. The van der Waals surface area contributed by atoms with E-state index in [0.29, 0.717) is 0 Å². The molecule has 0 saturated carbocycles. The fourth-order valence-electron chi connectivity index (χ4n) is 7.85. The van der Waals surface area contributed by atoms with E-state index in [9.17, 15) is 0 Å². The van der Waals surface area contributed by atoms with Gasteiger partial charge in [-0.25, -0.2) is 0 Å². The molecule has 2 aromatic heterocycles. The number of anilines is 3. The number of fused-ring (bicyclic) bond motifs is 3. The van der Waals surface area contributed by atoms with Crippen molar-refractivity contribution in [3.63, 3.8) is 0 Å². The summed E-state index contributed by atoms with van der Waals surface area (Å²) in [6.07, 6.45) is 0. The molecule has 0 amide bonds. The number of benzene rings is 7. The highest BCUT2D eigenvalue weighted by molar-refractivity contribution is 7.25. The topological polar surface area (TPSA) is 16.4 Å². The maximum Gasteiger partial charge on any atom is 0.135 e. The van der Waals surface area contributed by atoms with E-state index in [4.69, 9.17) is 4.42 Å². The summed E-state index contributed by atoms with van der Waals surface area (Å²) in [6, 6.07) is 59.5. The average molecular weight is 606 g/mol. The third-order valence-corrected chi connectivity index (χ3v) is 10.9. The number of hydrogen-bond acceptors (Lipinski definition) is 3. The lowest BCUT2D eigenvalue weighted by molar-refractivity contribution is 0.663. The number of para-hydroxylation sites is 1. The Labute approximate surface area is 270 Å². The van der Waals surface area contributed by atoms with Crippen LogP contribution in [0.5, 0.6) is 0 Å². The molecule has 2 nitrogen and oxygen atoms in total. The Kier molecular flexibility index (Phi) is 5.40. The molecule has 0 radical (unpaired) electrons. The molecule has 9 aromatic rings. The van der Waals surface area contributed by atoms with Crippen LogP contribution in [0.3, 0.4) is 0 Å². The molecule has 0 N–H and O–H groups in total. The Morgan fingerprint density at radius 1 is 0.435 bits per heavy atom. The van der Waals surface area contributed by atoms with Crippen LogP contribution in [0.15, 0.2) is 168 Å². The van der Waals surface area contributed by atoms with Crippen LogP contribution >= 0.6 is 11.3 Å². The summed E-state index contributed by atoms with van der Waals surface area (Å²) >= 11 is 1.86. The smallest absolute Gasteiger partial charge is 0.135 e. The van der Waals surface area contributed by atoms with Crippen LogP contribution in [0, 0.1) is 0 Å². The molecular weight excluding hydrogens is 579 g/mol. The van der Waals surface area contributed by atoms with Crippen LogP contribution in [0.2, 0.25) is 0 Å². The van der Waals surface area contributed by atoms with E-state index in [1.54, 1.807) is 0 Å². The molecule has 3 heteroatoms. The predicted octanol–water partition coefficient (Wildman–Crippen LogP) is 12.1. The van der Waals surface area contributed by atoms with E-state index in [-0.39, 0.29) is 0 Å². The average Bonchev–Trinajstić information content (AvgIpc) is 3.78. The molecule has 0 bridgehead atoms. The summed E-state index contributed by atoms with van der Waals surface area (Å²) in [7, 11) is 0. The van der Waals surface area contributed by atoms with E-state index in [1.807, 2.05) is 11.3 Å². The molecule has 216 valence electrons. The van der Waals surface area contributed by atoms with Crippen LogP contribution in [0.1, 0.15) is 22.3 Å². The molecule has 10 rings (SSSR count). The van der Waals surface area contributed by atoms with Crippen LogP contribution in [-0.4, -0.2) is 0 Å². The first kappa shape index (κ1) is 25.7. The lowest BCUT2D eigenvalue weighted by Gasteiger charge is -2.35. The van der Waals surface area contributed by atoms with Gasteiger partial charge in [-0.05, 0) is 76.9 Å². The molecule has 7 aromatic carbocycles. The number of furan rings is 1.